The molecule has 27 heavy (non-hydrogen) atoms. The third-order valence-electron chi connectivity index (χ3n) is 3.87. The number of pyridine rings is 2. The normalized spacial score (nSPS) is 10.7. The highest BCUT2D eigenvalue weighted by Crippen LogP contribution is 2.23. The van der Waals surface area contributed by atoms with Crippen molar-refractivity contribution >= 4 is 5.97 Å². The minimum absolute atomic E-state index is 0.0707. The van der Waals surface area contributed by atoms with E-state index >= 15 is 0 Å². The average molecular weight is 366 g/mol. The molecule has 0 unspecified atom stereocenters. The molecule has 0 N–H and O–H groups in total. The first-order chi connectivity index (χ1) is 13.0. The number of hydrogen-bond acceptors (Lipinski definition) is 5. The SMILES string of the molecule is CC(C)c1ccc(Oc2cc(C(=O)OCc3cncc(F)c3)ccn2)cc1. The largest absolute Gasteiger partial charge is 0.457 e. The van der Waals surface area contributed by atoms with E-state index in [1.807, 2.05) is 24.3 Å². The summed E-state index contributed by atoms with van der Waals surface area (Å²) in [7, 11) is 0. The second-order valence-electron chi connectivity index (χ2n) is 6.30. The monoisotopic (exact) mass is 366 g/mol. The van der Waals surface area contributed by atoms with E-state index in [2.05, 4.69) is 23.8 Å². The van der Waals surface area contributed by atoms with Crippen LogP contribution in [0.2, 0.25) is 0 Å². The first-order valence-corrected chi connectivity index (χ1v) is 8.51. The molecule has 5 nitrogen and oxygen atoms in total. The zero-order valence-corrected chi connectivity index (χ0v) is 15.1. The molecule has 2 heterocycles. The Bertz CT molecular complexity index is 927. The van der Waals surface area contributed by atoms with Crippen molar-refractivity contribution in [2.24, 2.45) is 0 Å². The van der Waals surface area contributed by atoms with Crippen molar-refractivity contribution in [3.8, 4) is 11.6 Å². The van der Waals surface area contributed by atoms with Crippen LogP contribution < -0.4 is 4.74 Å². The van der Waals surface area contributed by atoms with Crippen molar-refractivity contribution in [1.29, 1.82) is 0 Å². The van der Waals surface area contributed by atoms with Gasteiger partial charge in [0.15, 0.2) is 0 Å². The van der Waals surface area contributed by atoms with Gasteiger partial charge in [-0.1, -0.05) is 26.0 Å². The molecule has 0 saturated carbocycles. The van der Waals surface area contributed by atoms with E-state index in [1.165, 1.54) is 36.2 Å². The standard InChI is InChI=1S/C21H19FN2O3/c1-14(2)16-3-5-19(6-4-16)27-20-10-17(7-8-24-20)21(25)26-13-15-9-18(22)12-23-11-15/h3-12,14H,13H2,1-2H3. The van der Waals surface area contributed by atoms with E-state index in [9.17, 15) is 9.18 Å². The Hall–Kier alpha value is -3.28. The highest BCUT2D eigenvalue weighted by molar-refractivity contribution is 5.89. The Labute approximate surface area is 156 Å². The van der Waals surface area contributed by atoms with Crippen LogP contribution in [0.5, 0.6) is 11.6 Å². The molecule has 0 bridgehead atoms. The summed E-state index contributed by atoms with van der Waals surface area (Å²) < 4.78 is 24.0. The van der Waals surface area contributed by atoms with Crippen LogP contribution >= 0.6 is 0 Å². The van der Waals surface area contributed by atoms with Crippen molar-refractivity contribution in [2.45, 2.75) is 26.4 Å². The highest BCUT2D eigenvalue weighted by Gasteiger charge is 2.11. The number of carbonyl (C=O) groups is 1. The average Bonchev–Trinajstić information content (AvgIpc) is 2.67. The summed E-state index contributed by atoms with van der Waals surface area (Å²) in [6.45, 7) is 4.16. The van der Waals surface area contributed by atoms with E-state index in [1.54, 1.807) is 0 Å². The molecule has 6 heteroatoms. The second kappa shape index (κ2) is 8.40. The first-order valence-electron chi connectivity index (χ1n) is 8.51. The molecule has 0 aliphatic carbocycles. The molecule has 138 valence electrons. The zero-order chi connectivity index (χ0) is 19.2. The molecule has 0 radical (unpaired) electrons. The summed E-state index contributed by atoms with van der Waals surface area (Å²) in [6, 6.07) is 12.0. The van der Waals surface area contributed by atoms with Crippen LogP contribution in [-0.2, 0) is 11.3 Å². The smallest absolute Gasteiger partial charge is 0.338 e. The summed E-state index contributed by atoms with van der Waals surface area (Å²) in [4.78, 5) is 20.0. The minimum Gasteiger partial charge on any atom is -0.457 e. The van der Waals surface area contributed by atoms with Gasteiger partial charge in [-0.25, -0.2) is 14.2 Å². The van der Waals surface area contributed by atoms with Gasteiger partial charge in [-0.05, 0) is 35.7 Å². The summed E-state index contributed by atoms with van der Waals surface area (Å²) in [5.41, 5.74) is 1.97. The predicted molar refractivity (Wildman–Crippen MR) is 98.2 cm³/mol. The van der Waals surface area contributed by atoms with Gasteiger partial charge < -0.3 is 9.47 Å². The summed E-state index contributed by atoms with van der Waals surface area (Å²) >= 11 is 0. The van der Waals surface area contributed by atoms with E-state index < -0.39 is 11.8 Å². The number of halogens is 1. The fraction of sp³-hybridized carbons (Fsp3) is 0.190. The maximum Gasteiger partial charge on any atom is 0.338 e. The highest BCUT2D eigenvalue weighted by atomic mass is 19.1. The third-order valence-corrected chi connectivity index (χ3v) is 3.87. The van der Waals surface area contributed by atoms with Gasteiger partial charge in [-0.2, -0.15) is 0 Å². The molecule has 0 atom stereocenters. The molecule has 0 spiro atoms. The lowest BCUT2D eigenvalue weighted by Crippen LogP contribution is -2.06. The molecule has 0 aliphatic rings. The molecule has 1 aromatic carbocycles. The molecule has 2 aromatic heterocycles. The van der Waals surface area contributed by atoms with Crippen LogP contribution in [0.1, 0.15) is 41.3 Å². The second-order valence-corrected chi connectivity index (χ2v) is 6.30. The van der Waals surface area contributed by atoms with E-state index in [0.29, 0.717) is 22.8 Å². The van der Waals surface area contributed by atoms with Gasteiger partial charge in [0.2, 0.25) is 5.88 Å². The van der Waals surface area contributed by atoms with E-state index in [4.69, 9.17) is 9.47 Å². The van der Waals surface area contributed by atoms with Crippen LogP contribution in [0.4, 0.5) is 4.39 Å². The maximum atomic E-state index is 13.1. The number of benzene rings is 1. The number of hydrogen-bond donors (Lipinski definition) is 0. The van der Waals surface area contributed by atoms with Crippen LogP contribution in [0.25, 0.3) is 0 Å². The van der Waals surface area contributed by atoms with Gasteiger partial charge in [0.1, 0.15) is 18.2 Å². The van der Waals surface area contributed by atoms with E-state index in [-0.39, 0.29) is 12.5 Å². The minimum atomic E-state index is -0.554. The lowest BCUT2D eigenvalue weighted by molar-refractivity contribution is 0.0471. The van der Waals surface area contributed by atoms with Crippen LogP contribution in [0.3, 0.4) is 0 Å². The van der Waals surface area contributed by atoms with Crippen molar-refractivity contribution in [3.63, 3.8) is 0 Å². The first kappa shape index (κ1) is 18.5. The topological polar surface area (TPSA) is 61.3 Å². The Morgan fingerprint density at radius 1 is 1.11 bits per heavy atom. The molecule has 0 fully saturated rings. The molecular formula is C21H19FN2O3. The summed E-state index contributed by atoms with van der Waals surface area (Å²) in [6.07, 6.45) is 4.00. The molecular weight excluding hydrogens is 347 g/mol. The molecule has 3 aromatic rings. The van der Waals surface area contributed by atoms with Crippen LogP contribution in [-0.4, -0.2) is 15.9 Å². The molecule has 0 saturated heterocycles. The van der Waals surface area contributed by atoms with Gasteiger partial charge in [-0.3, -0.25) is 4.98 Å². The maximum absolute atomic E-state index is 13.1. The van der Waals surface area contributed by atoms with Crippen molar-refractivity contribution in [3.05, 3.63) is 83.6 Å². The Kier molecular flexibility index (Phi) is 5.76. The van der Waals surface area contributed by atoms with Gasteiger partial charge in [0, 0.05) is 24.0 Å². The fourth-order valence-corrected chi connectivity index (χ4v) is 2.40. The van der Waals surface area contributed by atoms with E-state index in [0.717, 1.165) is 6.20 Å². The molecule has 3 rings (SSSR count). The van der Waals surface area contributed by atoms with Crippen LogP contribution in [0.15, 0.2) is 61.1 Å². The quantitative estimate of drug-likeness (QED) is 0.581. The number of esters is 1. The fourth-order valence-electron chi connectivity index (χ4n) is 2.40. The van der Waals surface area contributed by atoms with Crippen molar-refractivity contribution < 1.29 is 18.7 Å². The number of nitrogens with zero attached hydrogens (tertiary/aromatic N) is 2. The third kappa shape index (κ3) is 5.10. The number of rotatable bonds is 6. The van der Waals surface area contributed by atoms with Crippen LogP contribution in [0, 0.1) is 5.82 Å². The number of ether oxygens (including phenoxy) is 2. The zero-order valence-electron chi connectivity index (χ0n) is 15.1. The molecule has 0 amide bonds. The lowest BCUT2D eigenvalue weighted by Gasteiger charge is -2.09. The Morgan fingerprint density at radius 2 is 1.89 bits per heavy atom. The van der Waals surface area contributed by atoms with Crippen molar-refractivity contribution in [1.82, 2.24) is 9.97 Å². The molecule has 0 aliphatic heterocycles. The van der Waals surface area contributed by atoms with Gasteiger partial charge in [0.25, 0.3) is 0 Å². The van der Waals surface area contributed by atoms with Crippen molar-refractivity contribution in [2.75, 3.05) is 0 Å². The number of carbonyl (C=O) groups excluding carboxylic acids is 1. The predicted octanol–water partition coefficient (Wildman–Crippen LogP) is 4.89. The number of aromatic nitrogens is 2. The Balaban J connectivity index is 1.64. The summed E-state index contributed by atoms with van der Waals surface area (Å²) in [5.74, 6) is 0.314. The summed E-state index contributed by atoms with van der Waals surface area (Å²) in [5, 5.41) is 0. The lowest BCUT2D eigenvalue weighted by atomic mass is 10.0. The van der Waals surface area contributed by atoms with Gasteiger partial charge in [0.05, 0.1) is 11.8 Å². The Morgan fingerprint density at radius 3 is 2.59 bits per heavy atom. The van der Waals surface area contributed by atoms with Gasteiger partial charge in [-0.15, -0.1) is 0 Å². The van der Waals surface area contributed by atoms with Gasteiger partial charge >= 0.3 is 5.97 Å².